The average molecular weight is 174 g/mol. The molecular formula is C10H8NO2. The summed E-state index contributed by atoms with van der Waals surface area (Å²) in [6, 6.07) is 6.78. The highest BCUT2D eigenvalue weighted by atomic mass is 16.1. The van der Waals surface area contributed by atoms with Crippen molar-refractivity contribution >= 4 is 18.3 Å². The van der Waals surface area contributed by atoms with Crippen molar-refractivity contribution in [3.63, 3.8) is 0 Å². The Balaban J connectivity index is 3.11. The molecule has 0 aliphatic carbocycles. The summed E-state index contributed by atoms with van der Waals surface area (Å²) in [4.78, 5) is 20.8. The number of allylic oxidation sites excluding steroid dienone is 1. The fourth-order valence-electron chi connectivity index (χ4n) is 0.991. The molecule has 1 rings (SSSR count). The standard InChI is InChI=1S/C10H8NO2/c11-10(13)9-6-2-1-4-8(9)5-3-7-12/h1-6H,(H2,11,13)/b5-3+. The predicted octanol–water partition coefficient (Wildman–Crippen LogP) is 0.908. The Bertz CT molecular complexity index is 356. The van der Waals surface area contributed by atoms with Gasteiger partial charge in [0.1, 0.15) is 0 Å². The molecule has 0 saturated heterocycles. The minimum Gasteiger partial charge on any atom is -0.366 e. The number of carbonyl (C=O) groups excluding carboxylic acids is 2. The summed E-state index contributed by atoms with van der Waals surface area (Å²) >= 11 is 0. The quantitative estimate of drug-likeness (QED) is 0.692. The maximum Gasteiger partial charge on any atom is 0.249 e. The Kier molecular flexibility index (Phi) is 2.97. The average Bonchev–Trinajstić information content (AvgIpc) is 2.15. The molecular weight excluding hydrogens is 166 g/mol. The summed E-state index contributed by atoms with van der Waals surface area (Å²) in [5.41, 5.74) is 6.14. The fourth-order valence-corrected chi connectivity index (χ4v) is 0.991. The molecule has 3 nitrogen and oxygen atoms in total. The normalized spacial score (nSPS) is 10.2. The smallest absolute Gasteiger partial charge is 0.249 e. The second-order valence-electron chi connectivity index (χ2n) is 2.40. The molecule has 0 aliphatic heterocycles. The summed E-state index contributed by atoms with van der Waals surface area (Å²) in [6.45, 7) is 0. The van der Waals surface area contributed by atoms with Gasteiger partial charge < -0.3 is 5.73 Å². The third kappa shape index (κ3) is 2.27. The topological polar surface area (TPSA) is 60.2 Å². The van der Waals surface area contributed by atoms with Crippen LogP contribution in [0, 0.1) is 0 Å². The summed E-state index contributed by atoms with van der Waals surface area (Å²) in [7, 11) is 0. The molecule has 0 aliphatic rings. The van der Waals surface area contributed by atoms with E-state index in [1.165, 1.54) is 12.2 Å². The minimum atomic E-state index is -0.508. The van der Waals surface area contributed by atoms with E-state index in [4.69, 9.17) is 5.73 Å². The van der Waals surface area contributed by atoms with Crippen molar-refractivity contribution < 1.29 is 9.59 Å². The molecule has 0 aromatic heterocycles. The molecule has 13 heavy (non-hydrogen) atoms. The molecule has 65 valence electrons. The van der Waals surface area contributed by atoms with Gasteiger partial charge >= 0.3 is 0 Å². The summed E-state index contributed by atoms with van der Waals surface area (Å²) in [6.07, 6.45) is 4.29. The van der Waals surface area contributed by atoms with Crippen molar-refractivity contribution in [2.45, 2.75) is 0 Å². The van der Waals surface area contributed by atoms with Gasteiger partial charge in [-0.1, -0.05) is 24.3 Å². The first-order valence-electron chi connectivity index (χ1n) is 3.68. The first kappa shape index (κ1) is 9.19. The van der Waals surface area contributed by atoms with Gasteiger partial charge in [0.2, 0.25) is 12.2 Å². The highest BCUT2D eigenvalue weighted by Crippen LogP contribution is 2.09. The predicted molar refractivity (Wildman–Crippen MR) is 49.7 cm³/mol. The highest BCUT2D eigenvalue weighted by molar-refractivity contribution is 5.97. The van der Waals surface area contributed by atoms with Crippen LogP contribution in [0.4, 0.5) is 0 Å². The lowest BCUT2D eigenvalue weighted by molar-refractivity contribution is 0.1000. The first-order chi connectivity index (χ1) is 6.25. The molecule has 0 spiro atoms. The number of primary amides is 1. The summed E-state index contributed by atoms with van der Waals surface area (Å²) in [5, 5.41) is 0. The van der Waals surface area contributed by atoms with Crippen LogP contribution in [0.2, 0.25) is 0 Å². The van der Waals surface area contributed by atoms with Gasteiger partial charge in [-0.25, -0.2) is 0 Å². The zero-order chi connectivity index (χ0) is 9.68. The Morgan fingerprint density at radius 1 is 1.38 bits per heavy atom. The van der Waals surface area contributed by atoms with Crippen LogP contribution in [0.1, 0.15) is 15.9 Å². The minimum absolute atomic E-state index is 0.397. The third-order valence-electron chi connectivity index (χ3n) is 1.56. The van der Waals surface area contributed by atoms with Crippen molar-refractivity contribution in [2.75, 3.05) is 0 Å². The summed E-state index contributed by atoms with van der Waals surface area (Å²) in [5.74, 6) is -0.508. The van der Waals surface area contributed by atoms with E-state index in [0.29, 0.717) is 11.1 Å². The molecule has 1 aromatic carbocycles. The molecule has 3 heteroatoms. The molecule has 0 heterocycles. The highest BCUT2D eigenvalue weighted by Gasteiger charge is 2.02. The largest absolute Gasteiger partial charge is 0.366 e. The Morgan fingerprint density at radius 3 is 2.69 bits per heavy atom. The lowest BCUT2D eigenvalue weighted by Crippen LogP contribution is -2.12. The van der Waals surface area contributed by atoms with Crippen LogP contribution in [0.3, 0.4) is 0 Å². The summed E-state index contributed by atoms with van der Waals surface area (Å²) < 4.78 is 0. The Hall–Kier alpha value is -1.90. The second kappa shape index (κ2) is 4.21. The molecule has 2 N–H and O–H groups in total. The molecule has 0 bridgehead atoms. The van der Waals surface area contributed by atoms with E-state index in [1.54, 1.807) is 30.6 Å². The molecule has 0 unspecified atom stereocenters. The van der Waals surface area contributed by atoms with E-state index in [2.05, 4.69) is 0 Å². The molecule has 1 aromatic rings. The molecule has 0 saturated carbocycles. The number of amides is 1. The Labute approximate surface area is 75.9 Å². The molecule has 1 radical (unpaired) electrons. The van der Waals surface area contributed by atoms with E-state index >= 15 is 0 Å². The molecule has 1 amide bonds. The SMILES string of the molecule is NC(=O)c1ccccc1/C=C/[C]=O. The zero-order valence-electron chi connectivity index (χ0n) is 6.86. The number of hydrogen-bond donors (Lipinski definition) is 1. The second-order valence-corrected chi connectivity index (χ2v) is 2.40. The Morgan fingerprint density at radius 2 is 2.08 bits per heavy atom. The van der Waals surface area contributed by atoms with Crippen LogP contribution in [-0.2, 0) is 4.79 Å². The number of benzene rings is 1. The van der Waals surface area contributed by atoms with Crippen molar-refractivity contribution in [3.8, 4) is 0 Å². The van der Waals surface area contributed by atoms with Gasteiger partial charge in [-0.3, -0.25) is 9.59 Å². The number of nitrogens with two attached hydrogens (primary N) is 1. The van der Waals surface area contributed by atoms with Crippen LogP contribution in [-0.4, -0.2) is 12.2 Å². The van der Waals surface area contributed by atoms with Crippen molar-refractivity contribution in [1.82, 2.24) is 0 Å². The van der Waals surface area contributed by atoms with E-state index in [1.807, 2.05) is 0 Å². The zero-order valence-corrected chi connectivity index (χ0v) is 6.86. The molecule has 0 fully saturated rings. The van der Waals surface area contributed by atoms with Crippen LogP contribution >= 0.6 is 0 Å². The van der Waals surface area contributed by atoms with Gasteiger partial charge in [0.15, 0.2) is 0 Å². The van der Waals surface area contributed by atoms with Crippen molar-refractivity contribution in [2.24, 2.45) is 5.73 Å². The van der Waals surface area contributed by atoms with E-state index in [9.17, 15) is 9.59 Å². The van der Waals surface area contributed by atoms with E-state index < -0.39 is 5.91 Å². The van der Waals surface area contributed by atoms with E-state index in [-0.39, 0.29) is 0 Å². The van der Waals surface area contributed by atoms with Gasteiger partial charge in [-0.15, -0.1) is 0 Å². The van der Waals surface area contributed by atoms with Crippen molar-refractivity contribution in [3.05, 3.63) is 41.5 Å². The van der Waals surface area contributed by atoms with Gasteiger partial charge in [-0.05, 0) is 17.7 Å². The van der Waals surface area contributed by atoms with Gasteiger partial charge in [0.05, 0.1) is 0 Å². The lowest BCUT2D eigenvalue weighted by Gasteiger charge is -1.99. The van der Waals surface area contributed by atoms with Crippen LogP contribution in [0.15, 0.2) is 30.3 Å². The van der Waals surface area contributed by atoms with Crippen LogP contribution in [0.25, 0.3) is 6.08 Å². The monoisotopic (exact) mass is 174 g/mol. The first-order valence-corrected chi connectivity index (χ1v) is 3.68. The number of carbonyl (C=O) groups is 1. The molecule has 0 atom stereocenters. The van der Waals surface area contributed by atoms with Crippen molar-refractivity contribution in [1.29, 1.82) is 0 Å². The number of hydrogen-bond acceptors (Lipinski definition) is 2. The third-order valence-corrected chi connectivity index (χ3v) is 1.56. The maximum absolute atomic E-state index is 10.9. The van der Waals surface area contributed by atoms with Gasteiger partial charge in [-0.2, -0.15) is 0 Å². The van der Waals surface area contributed by atoms with Gasteiger partial charge in [0.25, 0.3) is 0 Å². The van der Waals surface area contributed by atoms with Gasteiger partial charge in [0, 0.05) is 5.56 Å². The van der Waals surface area contributed by atoms with Crippen LogP contribution < -0.4 is 5.73 Å². The fraction of sp³-hybridized carbons (Fsp3) is 0. The lowest BCUT2D eigenvalue weighted by atomic mass is 10.1. The maximum atomic E-state index is 10.9. The van der Waals surface area contributed by atoms with E-state index in [0.717, 1.165) is 0 Å². The van der Waals surface area contributed by atoms with Crippen LogP contribution in [0.5, 0.6) is 0 Å². The number of rotatable bonds is 3.